The van der Waals surface area contributed by atoms with E-state index in [9.17, 15) is 4.79 Å². The van der Waals surface area contributed by atoms with Crippen LogP contribution in [0.15, 0.2) is 78.9 Å². The standard InChI is InChI=1S/C27H23Cl2N3O2/c28-21-12-11-18(14-22(21)29)25-26(16-9-10-16)31-32-24(33)15-23(30-27(25)32)17-5-4-8-20(13-17)34-19-6-2-1-3-7-19/h1-8,11-16,25-27,30-31H,9-10H2. The summed E-state index contributed by atoms with van der Waals surface area (Å²) in [5.74, 6) is 1.98. The Morgan fingerprint density at radius 3 is 2.44 bits per heavy atom. The Morgan fingerprint density at radius 2 is 1.68 bits per heavy atom. The first-order valence-corrected chi connectivity index (χ1v) is 12.2. The minimum Gasteiger partial charge on any atom is -0.457 e. The lowest BCUT2D eigenvalue weighted by Crippen LogP contribution is -2.52. The van der Waals surface area contributed by atoms with Gasteiger partial charge in [-0.2, -0.15) is 0 Å². The molecule has 2 fully saturated rings. The minimum atomic E-state index is -0.242. The number of ether oxygens (including phenoxy) is 1. The Labute approximate surface area is 208 Å². The fraction of sp³-hybridized carbons (Fsp3) is 0.222. The third kappa shape index (κ3) is 4.05. The highest BCUT2D eigenvalue weighted by Gasteiger charge is 2.51. The summed E-state index contributed by atoms with van der Waals surface area (Å²) in [4.78, 5) is 13.2. The van der Waals surface area contributed by atoms with Crippen LogP contribution in [-0.4, -0.2) is 23.1 Å². The highest BCUT2D eigenvalue weighted by Crippen LogP contribution is 2.46. The predicted octanol–water partition coefficient (Wildman–Crippen LogP) is 5.97. The SMILES string of the molecule is O=C1C=C(c2cccc(Oc3ccccc3)c2)NC2C(c3ccc(Cl)c(Cl)c3)C(C3CC3)NN12. The van der Waals surface area contributed by atoms with Crippen LogP contribution in [0.5, 0.6) is 11.5 Å². The van der Waals surface area contributed by atoms with Crippen LogP contribution in [0.2, 0.25) is 10.0 Å². The molecule has 3 aliphatic rings. The van der Waals surface area contributed by atoms with Crippen LogP contribution in [0.25, 0.3) is 5.70 Å². The fourth-order valence-corrected chi connectivity index (χ4v) is 5.22. The van der Waals surface area contributed by atoms with Gasteiger partial charge in [0.15, 0.2) is 0 Å². The van der Waals surface area contributed by atoms with Gasteiger partial charge < -0.3 is 10.1 Å². The second-order valence-corrected chi connectivity index (χ2v) is 9.80. The molecular formula is C27H23Cl2N3O2. The quantitative estimate of drug-likeness (QED) is 0.461. The van der Waals surface area contributed by atoms with Crippen LogP contribution in [0, 0.1) is 5.92 Å². The highest BCUT2D eigenvalue weighted by molar-refractivity contribution is 6.42. The zero-order valence-corrected chi connectivity index (χ0v) is 19.8. The summed E-state index contributed by atoms with van der Waals surface area (Å²) in [6.45, 7) is 0. The molecule has 0 aromatic heterocycles. The van der Waals surface area contributed by atoms with Crippen LogP contribution in [0.4, 0.5) is 0 Å². The number of para-hydroxylation sites is 1. The number of nitrogens with zero attached hydrogens (tertiary/aromatic N) is 1. The van der Waals surface area contributed by atoms with E-state index in [4.69, 9.17) is 27.9 Å². The molecule has 1 aliphatic carbocycles. The van der Waals surface area contributed by atoms with Crippen molar-refractivity contribution >= 4 is 34.8 Å². The number of rotatable bonds is 5. The summed E-state index contributed by atoms with van der Waals surface area (Å²) in [6, 6.07) is 23.3. The van der Waals surface area contributed by atoms with Crippen molar-refractivity contribution in [2.75, 3.05) is 0 Å². The lowest BCUT2D eigenvalue weighted by Gasteiger charge is -2.33. The Hall–Kier alpha value is -2.99. The summed E-state index contributed by atoms with van der Waals surface area (Å²) in [6.07, 6.45) is 3.72. The molecule has 1 saturated heterocycles. The number of carbonyl (C=O) groups is 1. The van der Waals surface area contributed by atoms with Gasteiger partial charge in [-0.25, -0.2) is 5.43 Å². The van der Waals surface area contributed by atoms with Gasteiger partial charge >= 0.3 is 0 Å². The van der Waals surface area contributed by atoms with E-state index in [-0.39, 0.29) is 24.0 Å². The molecule has 2 heterocycles. The van der Waals surface area contributed by atoms with Gasteiger partial charge in [-0.15, -0.1) is 0 Å². The van der Waals surface area contributed by atoms with Crippen molar-refractivity contribution < 1.29 is 9.53 Å². The number of benzene rings is 3. The van der Waals surface area contributed by atoms with Crippen molar-refractivity contribution in [2.24, 2.45) is 5.92 Å². The van der Waals surface area contributed by atoms with Gasteiger partial charge in [0, 0.05) is 29.3 Å². The first-order chi connectivity index (χ1) is 16.6. The normalized spacial score (nSPS) is 23.8. The zero-order valence-electron chi connectivity index (χ0n) is 18.2. The van der Waals surface area contributed by atoms with Gasteiger partial charge in [0.05, 0.1) is 10.0 Å². The van der Waals surface area contributed by atoms with E-state index >= 15 is 0 Å². The van der Waals surface area contributed by atoms with E-state index in [0.717, 1.165) is 35.4 Å². The summed E-state index contributed by atoms with van der Waals surface area (Å²) < 4.78 is 6.01. The minimum absolute atomic E-state index is 0.0404. The molecule has 0 spiro atoms. The molecule has 2 aliphatic heterocycles. The van der Waals surface area contributed by atoms with Gasteiger partial charge in [-0.05, 0) is 60.7 Å². The number of hydrogen-bond acceptors (Lipinski definition) is 4. The molecule has 3 unspecified atom stereocenters. The molecule has 2 N–H and O–H groups in total. The molecule has 172 valence electrons. The Bertz CT molecular complexity index is 1280. The van der Waals surface area contributed by atoms with E-state index in [1.54, 1.807) is 11.1 Å². The van der Waals surface area contributed by atoms with E-state index in [2.05, 4.69) is 10.7 Å². The van der Waals surface area contributed by atoms with E-state index in [1.165, 1.54) is 0 Å². The molecule has 5 nitrogen and oxygen atoms in total. The highest BCUT2D eigenvalue weighted by atomic mass is 35.5. The van der Waals surface area contributed by atoms with Crippen molar-refractivity contribution in [3.05, 3.63) is 100 Å². The number of halogens is 2. The lowest BCUT2D eigenvalue weighted by molar-refractivity contribution is -0.131. The monoisotopic (exact) mass is 491 g/mol. The second-order valence-electron chi connectivity index (χ2n) is 8.99. The van der Waals surface area contributed by atoms with Crippen molar-refractivity contribution in [3.63, 3.8) is 0 Å². The average Bonchev–Trinajstić information content (AvgIpc) is 3.62. The first-order valence-electron chi connectivity index (χ1n) is 11.4. The van der Waals surface area contributed by atoms with Gasteiger partial charge in [0.25, 0.3) is 5.91 Å². The molecule has 3 aromatic rings. The third-order valence-electron chi connectivity index (χ3n) is 6.68. The van der Waals surface area contributed by atoms with Gasteiger partial charge in [0.2, 0.25) is 0 Å². The van der Waals surface area contributed by atoms with E-state index in [0.29, 0.717) is 21.7 Å². The molecule has 0 radical (unpaired) electrons. The number of hydrogen-bond donors (Lipinski definition) is 2. The van der Waals surface area contributed by atoms with Crippen LogP contribution < -0.4 is 15.5 Å². The van der Waals surface area contributed by atoms with Crippen molar-refractivity contribution in [2.45, 2.75) is 31.0 Å². The first kappa shape index (κ1) is 21.5. The maximum Gasteiger partial charge on any atom is 0.264 e. The molecule has 1 amide bonds. The lowest BCUT2D eigenvalue weighted by atomic mass is 9.87. The second kappa shape index (κ2) is 8.66. The number of fused-ring (bicyclic) bond motifs is 1. The fourth-order valence-electron chi connectivity index (χ4n) is 4.91. The Balaban J connectivity index is 1.31. The molecule has 1 saturated carbocycles. The zero-order chi connectivity index (χ0) is 23.2. The number of amides is 1. The number of hydrazine groups is 1. The average molecular weight is 492 g/mol. The molecule has 34 heavy (non-hydrogen) atoms. The third-order valence-corrected chi connectivity index (χ3v) is 7.42. The van der Waals surface area contributed by atoms with Gasteiger partial charge in [-0.1, -0.05) is 59.6 Å². The summed E-state index contributed by atoms with van der Waals surface area (Å²) >= 11 is 12.6. The van der Waals surface area contributed by atoms with Crippen LogP contribution in [0.3, 0.4) is 0 Å². The number of nitrogens with one attached hydrogen (secondary N) is 2. The largest absolute Gasteiger partial charge is 0.457 e. The Morgan fingerprint density at radius 1 is 0.882 bits per heavy atom. The van der Waals surface area contributed by atoms with Crippen molar-refractivity contribution in [1.82, 2.24) is 15.8 Å². The van der Waals surface area contributed by atoms with Crippen molar-refractivity contribution in [1.29, 1.82) is 0 Å². The maximum absolute atomic E-state index is 13.2. The molecule has 6 rings (SSSR count). The Kier molecular flexibility index (Phi) is 5.48. The summed E-state index contributed by atoms with van der Waals surface area (Å²) in [5, 5.41) is 6.40. The maximum atomic E-state index is 13.2. The topological polar surface area (TPSA) is 53.6 Å². The summed E-state index contributed by atoms with van der Waals surface area (Å²) in [7, 11) is 0. The van der Waals surface area contributed by atoms with Crippen LogP contribution in [0.1, 0.15) is 29.9 Å². The van der Waals surface area contributed by atoms with Crippen molar-refractivity contribution in [3.8, 4) is 11.5 Å². The van der Waals surface area contributed by atoms with Crippen LogP contribution >= 0.6 is 23.2 Å². The molecule has 3 atom stereocenters. The van der Waals surface area contributed by atoms with Gasteiger partial charge in [0.1, 0.15) is 17.7 Å². The van der Waals surface area contributed by atoms with E-state index in [1.807, 2.05) is 72.8 Å². The number of carbonyl (C=O) groups excluding carboxylic acids is 1. The molecule has 0 bridgehead atoms. The molecular weight excluding hydrogens is 469 g/mol. The predicted molar refractivity (Wildman–Crippen MR) is 134 cm³/mol. The summed E-state index contributed by atoms with van der Waals surface area (Å²) in [5.41, 5.74) is 6.21. The smallest absolute Gasteiger partial charge is 0.264 e. The van der Waals surface area contributed by atoms with Gasteiger partial charge in [-0.3, -0.25) is 9.80 Å². The van der Waals surface area contributed by atoms with E-state index < -0.39 is 0 Å². The molecule has 3 aromatic carbocycles. The van der Waals surface area contributed by atoms with Crippen LogP contribution in [-0.2, 0) is 4.79 Å². The molecule has 7 heteroatoms.